The number of hydrogen-bond acceptors (Lipinski definition) is 6. The molecule has 0 spiro atoms. The van der Waals surface area contributed by atoms with E-state index in [0.29, 0.717) is 23.8 Å². The van der Waals surface area contributed by atoms with Crippen molar-refractivity contribution in [2.24, 2.45) is 4.99 Å². The van der Waals surface area contributed by atoms with E-state index < -0.39 is 0 Å². The maximum Gasteiger partial charge on any atom is 0.203 e. The molecule has 1 aromatic carbocycles. The van der Waals surface area contributed by atoms with E-state index in [0.717, 1.165) is 48.1 Å². The Bertz CT molecular complexity index is 763. The summed E-state index contributed by atoms with van der Waals surface area (Å²) in [5.74, 6) is 3.40. The molecular weight excluding hydrogens is 487 g/mol. The van der Waals surface area contributed by atoms with Gasteiger partial charge >= 0.3 is 0 Å². The maximum absolute atomic E-state index is 5.40. The first-order valence-corrected chi connectivity index (χ1v) is 9.26. The molecule has 2 rings (SSSR count). The summed E-state index contributed by atoms with van der Waals surface area (Å²) in [6.45, 7) is 7.88. The van der Waals surface area contributed by atoms with Crippen LogP contribution in [0.4, 0.5) is 0 Å². The van der Waals surface area contributed by atoms with Gasteiger partial charge in [0.25, 0.3) is 0 Å². The number of guanidine groups is 1. The fourth-order valence-electron chi connectivity index (χ4n) is 2.90. The highest BCUT2D eigenvalue weighted by atomic mass is 127. The lowest BCUT2D eigenvalue weighted by atomic mass is 10.1. The van der Waals surface area contributed by atoms with Gasteiger partial charge in [0.15, 0.2) is 17.5 Å². The Labute approximate surface area is 189 Å². The molecule has 0 saturated carbocycles. The van der Waals surface area contributed by atoms with Crippen LogP contribution >= 0.6 is 24.0 Å². The predicted molar refractivity (Wildman–Crippen MR) is 124 cm³/mol. The number of halogens is 1. The molecule has 2 aromatic rings. The molecule has 1 aromatic heterocycles. The van der Waals surface area contributed by atoms with E-state index in [9.17, 15) is 0 Å². The van der Waals surface area contributed by atoms with Crippen LogP contribution < -0.4 is 24.8 Å². The third-order valence-electron chi connectivity index (χ3n) is 4.34. The van der Waals surface area contributed by atoms with Crippen molar-refractivity contribution >= 4 is 29.9 Å². The van der Waals surface area contributed by atoms with Crippen LogP contribution in [0.5, 0.6) is 17.2 Å². The molecule has 1 heterocycles. The molecule has 0 amide bonds. The fraction of sp³-hybridized carbons (Fsp3) is 0.500. The van der Waals surface area contributed by atoms with E-state index in [-0.39, 0.29) is 24.0 Å². The molecule has 162 valence electrons. The number of aliphatic imine (C=N–C) groups is 1. The first-order chi connectivity index (χ1) is 13.5. The van der Waals surface area contributed by atoms with Gasteiger partial charge in [0, 0.05) is 18.7 Å². The minimum atomic E-state index is 0. The second-order valence-electron chi connectivity index (χ2n) is 6.21. The summed E-state index contributed by atoms with van der Waals surface area (Å²) >= 11 is 0. The summed E-state index contributed by atoms with van der Waals surface area (Å²) in [6, 6.07) is 3.80. The minimum Gasteiger partial charge on any atom is -0.493 e. The quantitative estimate of drug-likeness (QED) is 0.299. The zero-order chi connectivity index (χ0) is 20.5. The number of methoxy groups -OCH3 is 3. The second kappa shape index (κ2) is 12.4. The van der Waals surface area contributed by atoms with Gasteiger partial charge in [-0.2, -0.15) is 0 Å². The lowest BCUT2D eigenvalue weighted by molar-refractivity contribution is 0.324. The van der Waals surface area contributed by atoms with Crippen LogP contribution in [-0.4, -0.2) is 45.5 Å². The van der Waals surface area contributed by atoms with Gasteiger partial charge in [0.1, 0.15) is 5.76 Å². The zero-order valence-corrected chi connectivity index (χ0v) is 20.2. The Balaban J connectivity index is 0.00000420. The van der Waals surface area contributed by atoms with E-state index >= 15 is 0 Å². The van der Waals surface area contributed by atoms with Crippen LogP contribution in [0.1, 0.15) is 29.5 Å². The van der Waals surface area contributed by atoms with Gasteiger partial charge in [-0.25, -0.2) is 4.99 Å². The number of rotatable bonds is 9. The van der Waals surface area contributed by atoms with Crippen molar-refractivity contribution in [3.63, 3.8) is 0 Å². The van der Waals surface area contributed by atoms with Crippen molar-refractivity contribution in [3.05, 3.63) is 34.7 Å². The Hall–Kier alpha value is -2.17. The monoisotopic (exact) mass is 518 g/mol. The van der Waals surface area contributed by atoms with Gasteiger partial charge in [-0.1, -0.05) is 5.16 Å². The van der Waals surface area contributed by atoms with Crippen LogP contribution in [0.15, 0.2) is 21.6 Å². The number of aromatic nitrogens is 1. The summed E-state index contributed by atoms with van der Waals surface area (Å²) in [7, 11) is 4.79. The lowest BCUT2D eigenvalue weighted by Gasteiger charge is -2.14. The van der Waals surface area contributed by atoms with Crippen molar-refractivity contribution in [1.29, 1.82) is 0 Å². The molecule has 0 radical (unpaired) electrons. The second-order valence-corrected chi connectivity index (χ2v) is 6.21. The first kappa shape index (κ1) is 24.9. The normalized spacial score (nSPS) is 10.9. The number of ether oxygens (including phenoxy) is 3. The summed E-state index contributed by atoms with van der Waals surface area (Å²) in [6.07, 6.45) is 0.815. The molecule has 0 fully saturated rings. The number of nitrogens with one attached hydrogen (secondary N) is 2. The molecule has 0 saturated heterocycles. The average molecular weight is 518 g/mol. The average Bonchev–Trinajstić information content (AvgIpc) is 3.02. The highest BCUT2D eigenvalue weighted by molar-refractivity contribution is 14.0. The highest BCUT2D eigenvalue weighted by Gasteiger charge is 2.13. The summed E-state index contributed by atoms with van der Waals surface area (Å²) in [4.78, 5) is 4.66. The van der Waals surface area contributed by atoms with Gasteiger partial charge in [-0.3, -0.25) is 0 Å². The maximum atomic E-state index is 5.40. The predicted octanol–water partition coefficient (Wildman–Crippen LogP) is 3.23. The first-order valence-electron chi connectivity index (χ1n) is 9.26. The largest absolute Gasteiger partial charge is 0.493 e. The van der Waals surface area contributed by atoms with Crippen LogP contribution in [0, 0.1) is 13.8 Å². The molecule has 0 aliphatic rings. The number of benzene rings is 1. The van der Waals surface area contributed by atoms with E-state index in [1.54, 1.807) is 21.3 Å². The van der Waals surface area contributed by atoms with Crippen molar-refractivity contribution in [2.75, 3.05) is 34.4 Å². The summed E-state index contributed by atoms with van der Waals surface area (Å²) in [5, 5.41) is 10.6. The molecule has 0 unspecified atom stereocenters. The van der Waals surface area contributed by atoms with Crippen molar-refractivity contribution in [3.8, 4) is 17.2 Å². The topological polar surface area (TPSA) is 90.1 Å². The van der Waals surface area contributed by atoms with Gasteiger partial charge in [0.2, 0.25) is 5.75 Å². The van der Waals surface area contributed by atoms with E-state index in [4.69, 9.17) is 18.7 Å². The molecule has 0 atom stereocenters. The molecular formula is C20H31IN4O4. The fourth-order valence-corrected chi connectivity index (χ4v) is 2.90. The smallest absolute Gasteiger partial charge is 0.203 e. The molecule has 8 nitrogen and oxygen atoms in total. The van der Waals surface area contributed by atoms with E-state index in [2.05, 4.69) is 20.8 Å². The standard InChI is InChI=1S/C20H30N4O4.HI/c1-7-21-20(22-9-8-16-13(2)24-28-14(16)3)23-12-15-10-17(25-4)19(27-6)18(11-15)26-5;/h10-11H,7-9,12H2,1-6H3,(H2,21,22,23);1H. The Morgan fingerprint density at radius 1 is 1.07 bits per heavy atom. The number of aryl methyl sites for hydroxylation is 2. The van der Waals surface area contributed by atoms with Crippen LogP contribution in [0.3, 0.4) is 0 Å². The van der Waals surface area contributed by atoms with Crippen LogP contribution in [0.25, 0.3) is 0 Å². The molecule has 0 aliphatic carbocycles. The molecule has 9 heteroatoms. The Kier molecular flexibility index (Phi) is 10.6. The Morgan fingerprint density at radius 2 is 1.72 bits per heavy atom. The van der Waals surface area contributed by atoms with Gasteiger partial charge < -0.3 is 29.4 Å². The molecule has 2 N–H and O–H groups in total. The highest BCUT2D eigenvalue weighted by Crippen LogP contribution is 2.38. The number of nitrogens with zero attached hydrogens (tertiary/aromatic N) is 2. The third kappa shape index (κ3) is 6.69. The van der Waals surface area contributed by atoms with E-state index in [1.807, 2.05) is 32.9 Å². The lowest BCUT2D eigenvalue weighted by Crippen LogP contribution is -2.38. The van der Waals surface area contributed by atoms with Gasteiger partial charge in [0.05, 0.1) is 33.6 Å². The van der Waals surface area contributed by atoms with Crippen molar-refractivity contribution in [2.45, 2.75) is 33.7 Å². The minimum absolute atomic E-state index is 0. The van der Waals surface area contributed by atoms with Crippen molar-refractivity contribution in [1.82, 2.24) is 15.8 Å². The van der Waals surface area contributed by atoms with Crippen LogP contribution in [-0.2, 0) is 13.0 Å². The SMILES string of the molecule is CCNC(=NCc1cc(OC)c(OC)c(OC)c1)NCCc1c(C)noc1C.I. The molecule has 0 aliphatic heterocycles. The number of hydrogen-bond donors (Lipinski definition) is 2. The van der Waals surface area contributed by atoms with Crippen molar-refractivity contribution < 1.29 is 18.7 Å². The van der Waals surface area contributed by atoms with Gasteiger partial charge in [-0.15, -0.1) is 24.0 Å². The summed E-state index contributed by atoms with van der Waals surface area (Å²) < 4.78 is 21.4. The van der Waals surface area contributed by atoms with Crippen LogP contribution in [0.2, 0.25) is 0 Å². The van der Waals surface area contributed by atoms with E-state index in [1.165, 1.54) is 0 Å². The zero-order valence-electron chi connectivity index (χ0n) is 17.9. The third-order valence-corrected chi connectivity index (χ3v) is 4.34. The molecule has 0 bridgehead atoms. The Morgan fingerprint density at radius 3 is 2.21 bits per heavy atom. The summed E-state index contributed by atoms with van der Waals surface area (Å²) in [5.41, 5.74) is 3.02. The molecule has 29 heavy (non-hydrogen) atoms. The van der Waals surface area contributed by atoms with Gasteiger partial charge in [-0.05, 0) is 44.9 Å².